The minimum absolute atomic E-state index is 0.0368. The van der Waals surface area contributed by atoms with Crippen LogP contribution in [0.2, 0.25) is 10.0 Å². The molecule has 0 bridgehead atoms. The summed E-state index contributed by atoms with van der Waals surface area (Å²) in [4.78, 5) is 39.4. The SMILES string of the molecule is CC(Sc1ccc(NC(=O)/C(=C/c2c(F)cccc2Cl)NC(=O)c2ccccc2)cc1)C(=O)Nc1ccc(Cl)cc1. The molecule has 0 saturated heterocycles. The molecule has 0 fully saturated rings. The molecule has 0 heterocycles. The number of nitrogens with one attached hydrogen (secondary N) is 3. The van der Waals surface area contributed by atoms with E-state index in [9.17, 15) is 18.8 Å². The van der Waals surface area contributed by atoms with Crippen LogP contribution in [0.1, 0.15) is 22.8 Å². The van der Waals surface area contributed by atoms with Gasteiger partial charge in [-0.1, -0.05) is 47.5 Å². The monoisotopic (exact) mass is 607 g/mol. The van der Waals surface area contributed by atoms with E-state index in [1.54, 1.807) is 85.8 Å². The van der Waals surface area contributed by atoms with Crippen LogP contribution in [0.15, 0.2) is 108 Å². The predicted octanol–water partition coefficient (Wildman–Crippen LogP) is 7.66. The van der Waals surface area contributed by atoms with E-state index in [4.69, 9.17) is 23.2 Å². The smallest absolute Gasteiger partial charge is 0.272 e. The van der Waals surface area contributed by atoms with Gasteiger partial charge in [0.2, 0.25) is 5.91 Å². The van der Waals surface area contributed by atoms with E-state index in [0.717, 1.165) is 4.90 Å². The van der Waals surface area contributed by atoms with Crippen LogP contribution in [-0.4, -0.2) is 23.0 Å². The first-order chi connectivity index (χ1) is 19.7. The summed E-state index contributed by atoms with van der Waals surface area (Å²) in [5, 5.41) is 8.37. The third-order valence-corrected chi connectivity index (χ3v) is 7.42. The molecular formula is C31H24Cl2FN3O3S. The van der Waals surface area contributed by atoms with Gasteiger partial charge in [0, 0.05) is 32.4 Å². The number of amides is 3. The maximum absolute atomic E-state index is 14.5. The van der Waals surface area contributed by atoms with E-state index in [-0.39, 0.29) is 22.2 Å². The summed E-state index contributed by atoms with van der Waals surface area (Å²) in [5.41, 5.74) is 1.16. The molecule has 0 radical (unpaired) electrons. The van der Waals surface area contributed by atoms with E-state index in [0.29, 0.717) is 22.0 Å². The van der Waals surface area contributed by atoms with E-state index in [1.807, 2.05) is 0 Å². The van der Waals surface area contributed by atoms with E-state index >= 15 is 0 Å². The average Bonchev–Trinajstić information content (AvgIpc) is 2.97. The fraction of sp³-hybridized carbons (Fsp3) is 0.0645. The standard InChI is InChI=1S/C31H24Cl2FN3O3S/c1-19(29(38)35-22-12-10-21(32)11-13-22)41-24-16-14-23(15-17-24)36-31(40)28(18-25-26(33)8-5-9-27(25)34)37-30(39)20-6-3-2-4-7-20/h2-19H,1H3,(H,35,38)(H,36,40)(H,37,39)/b28-18-. The Morgan fingerprint density at radius 2 is 1.44 bits per heavy atom. The summed E-state index contributed by atoms with van der Waals surface area (Å²) >= 11 is 13.4. The number of halogens is 3. The van der Waals surface area contributed by atoms with Gasteiger partial charge >= 0.3 is 0 Å². The predicted molar refractivity (Wildman–Crippen MR) is 164 cm³/mol. The Hall–Kier alpha value is -4.11. The van der Waals surface area contributed by atoms with Gasteiger partial charge < -0.3 is 16.0 Å². The zero-order valence-electron chi connectivity index (χ0n) is 21.7. The van der Waals surface area contributed by atoms with Crippen molar-refractivity contribution in [1.29, 1.82) is 0 Å². The van der Waals surface area contributed by atoms with Gasteiger partial charge in [0.25, 0.3) is 11.8 Å². The van der Waals surface area contributed by atoms with Gasteiger partial charge in [-0.25, -0.2) is 4.39 Å². The van der Waals surface area contributed by atoms with Crippen LogP contribution in [0.4, 0.5) is 15.8 Å². The lowest BCUT2D eigenvalue weighted by molar-refractivity contribution is -0.115. The fourth-order valence-electron chi connectivity index (χ4n) is 3.59. The second-order valence-electron chi connectivity index (χ2n) is 8.75. The number of anilines is 2. The highest BCUT2D eigenvalue weighted by Gasteiger charge is 2.18. The van der Waals surface area contributed by atoms with Crippen LogP contribution < -0.4 is 16.0 Å². The van der Waals surface area contributed by atoms with Crippen molar-refractivity contribution in [3.63, 3.8) is 0 Å². The lowest BCUT2D eigenvalue weighted by atomic mass is 10.1. The molecule has 4 aromatic rings. The van der Waals surface area contributed by atoms with Crippen molar-refractivity contribution in [2.75, 3.05) is 10.6 Å². The highest BCUT2D eigenvalue weighted by atomic mass is 35.5. The third-order valence-electron chi connectivity index (χ3n) is 5.72. The van der Waals surface area contributed by atoms with Crippen molar-refractivity contribution < 1.29 is 18.8 Å². The first-order valence-corrected chi connectivity index (χ1v) is 14.0. The summed E-state index contributed by atoms with van der Waals surface area (Å²) < 4.78 is 14.5. The summed E-state index contributed by atoms with van der Waals surface area (Å²) in [6.45, 7) is 1.78. The second-order valence-corrected chi connectivity index (χ2v) is 11.0. The van der Waals surface area contributed by atoms with E-state index < -0.39 is 22.9 Å². The molecular weight excluding hydrogens is 584 g/mol. The topological polar surface area (TPSA) is 87.3 Å². The molecule has 0 aromatic heterocycles. The van der Waals surface area contributed by atoms with Gasteiger partial charge in [-0.05, 0) is 85.8 Å². The second kappa shape index (κ2) is 14.0. The molecule has 0 spiro atoms. The molecule has 6 nitrogen and oxygen atoms in total. The molecule has 208 valence electrons. The molecule has 41 heavy (non-hydrogen) atoms. The van der Waals surface area contributed by atoms with E-state index in [1.165, 1.54) is 36.0 Å². The molecule has 3 N–H and O–H groups in total. The highest BCUT2D eigenvalue weighted by molar-refractivity contribution is 8.00. The quantitative estimate of drug-likeness (QED) is 0.135. The molecule has 10 heteroatoms. The number of thioether (sulfide) groups is 1. The van der Waals surface area contributed by atoms with Gasteiger partial charge in [0.1, 0.15) is 11.5 Å². The molecule has 1 unspecified atom stereocenters. The maximum atomic E-state index is 14.5. The van der Waals surface area contributed by atoms with Crippen LogP contribution in [0.3, 0.4) is 0 Å². The molecule has 4 aromatic carbocycles. The molecule has 0 aliphatic rings. The lowest BCUT2D eigenvalue weighted by Crippen LogP contribution is -2.30. The summed E-state index contributed by atoms with van der Waals surface area (Å²) in [7, 11) is 0. The van der Waals surface area contributed by atoms with Gasteiger partial charge in [0.05, 0.1) is 10.3 Å². The zero-order valence-corrected chi connectivity index (χ0v) is 24.0. The van der Waals surface area contributed by atoms with Crippen molar-refractivity contribution >= 4 is 70.1 Å². The van der Waals surface area contributed by atoms with Crippen molar-refractivity contribution in [1.82, 2.24) is 5.32 Å². The van der Waals surface area contributed by atoms with Crippen LogP contribution in [0.25, 0.3) is 6.08 Å². The third kappa shape index (κ3) is 8.44. The minimum atomic E-state index is -0.676. The molecule has 0 aliphatic carbocycles. The lowest BCUT2D eigenvalue weighted by Gasteiger charge is -2.14. The molecule has 4 rings (SSSR count). The Kier molecular flexibility index (Phi) is 10.2. The van der Waals surface area contributed by atoms with Gasteiger partial charge in [-0.2, -0.15) is 0 Å². The fourth-order valence-corrected chi connectivity index (χ4v) is 4.80. The number of hydrogen-bond acceptors (Lipinski definition) is 4. The molecule has 1 atom stereocenters. The summed E-state index contributed by atoms with van der Waals surface area (Å²) in [6.07, 6.45) is 1.19. The Morgan fingerprint density at radius 1 is 0.805 bits per heavy atom. The summed E-state index contributed by atoms with van der Waals surface area (Å²) in [6, 6.07) is 26.1. The van der Waals surface area contributed by atoms with Crippen molar-refractivity contribution in [3.05, 3.63) is 130 Å². The van der Waals surface area contributed by atoms with Crippen molar-refractivity contribution in [2.24, 2.45) is 0 Å². The number of benzene rings is 4. The number of carbonyl (C=O) groups excluding carboxylic acids is 3. The van der Waals surface area contributed by atoms with E-state index in [2.05, 4.69) is 16.0 Å². The average molecular weight is 609 g/mol. The Morgan fingerprint density at radius 3 is 2.10 bits per heavy atom. The normalized spacial score (nSPS) is 11.9. The number of hydrogen-bond donors (Lipinski definition) is 3. The Bertz CT molecular complexity index is 1560. The Balaban J connectivity index is 1.46. The zero-order chi connectivity index (χ0) is 29.4. The highest BCUT2D eigenvalue weighted by Crippen LogP contribution is 2.27. The summed E-state index contributed by atoms with van der Waals surface area (Å²) in [5.74, 6) is -2.04. The van der Waals surface area contributed by atoms with Crippen LogP contribution in [-0.2, 0) is 9.59 Å². The van der Waals surface area contributed by atoms with Crippen LogP contribution in [0.5, 0.6) is 0 Å². The van der Waals surface area contributed by atoms with Gasteiger partial charge in [-0.3, -0.25) is 14.4 Å². The maximum Gasteiger partial charge on any atom is 0.272 e. The molecule has 3 amide bonds. The van der Waals surface area contributed by atoms with Gasteiger partial charge in [0.15, 0.2) is 0 Å². The number of rotatable bonds is 9. The Labute approximate surface area is 250 Å². The van der Waals surface area contributed by atoms with Crippen LogP contribution in [0, 0.1) is 5.82 Å². The molecule has 0 aliphatic heterocycles. The van der Waals surface area contributed by atoms with Crippen molar-refractivity contribution in [2.45, 2.75) is 17.1 Å². The first kappa shape index (κ1) is 29.9. The minimum Gasteiger partial charge on any atom is -0.325 e. The largest absolute Gasteiger partial charge is 0.325 e. The molecule has 0 saturated carbocycles. The van der Waals surface area contributed by atoms with Gasteiger partial charge in [-0.15, -0.1) is 11.8 Å². The first-order valence-electron chi connectivity index (χ1n) is 12.4. The van der Waals surface area contributed by atoms with Crippen molar-refractivity contribution in [3.8, 4) is 0 Å². The number of carbonyl (C=O) groups is 3. The van der Waals surface area contributed by atoms with Crippen LogP contribution >= 0.6 is 35.0 Å².